The Hall–Kier alpha value is -1.85. The molecule has 2 aliphatic heterocycles. The van der Waals surface area contributed by atoms with Crippen molar-refractivity contribution in [1.29, 1.82) is 0 Å². The summed E-state index contributed by atoms with van der Waals surface area (Å²) in [5.41, 5.74) is 0.894. The Morgan fingerprint density at radius 3 is 2.70 bits per heavy atom. The smallest absolute Gasteiger partial charge is 0.342 e. The van der Waals surface area contributed by atoms with Crippen LogP contribution >= 0.6 is 11.6 Å². The number of allylic oxidation sites excluding steroid dienone is 2. The van der Waals surface area contributed by atoms with Crippen LogP contribution in [0.5, 0.6) is 5.75 Å². The molecule has 1 aromatic rings. The highest BCUT2D eigenvalue weighted by Crippen LogP contribution is 2.36. The standard InChI is InChI=1S/C21H25ClO5/c1-11(2)17-10-18-16(26-18)7-5-4-6-13(23)9-14-19(21(25)27-17)15(24)8-12(3)20(14)22/h4,6,8,11,16-18,24H,5,7,9-10H2,1-3H3/b6-4+/t16-,17+,18-/m1/s1. The number of phenolic OH excluding ortho intramolecular Hbond substituents is 1. The molecule has 2 aliphatic rings. The number of hydrogen-bond donors (Lipinski definition) is 1. The van der Waals surface area contributed by atoms with Gasteiger partial charge in [0.15, 0.2) is 5.78 Å². The molecule has 1 saturated heterocycles. The second-order valence-corrected chi connectivity index (χ2v) is 8.02. The summed E-state index contributed by atoms with van der Waals surface area (Å²) in [5.74, 6) is -0.959. The van der Waals surface area contributed by atoms with Crippen molar-refractivity contribution in [2.75, 3.05) is 0 Å². The van der Waals surface area contributed by atoms with Gasteiger partial charge in [-0.2, -0.15) is 0 Å². The van der Waals surface area contributed by atoms with E-state index in [-0.39, 0.29) is 47.7 Å². The number of epoxide rings is 1. The molecular formula is C21H25ClO5. The largest absolute Gasteiger partial charge is 0.507 e. The summed E-state index contributed by atoms with van der Waals surface area (Å²) >= 11 is 6.38. The van der Waals surface area contributed by atoms with Crippen LogP contribution in [0, 0.1) is 12.8 Å². The predicted octanol–water partition coefficient (Wildman–Crippen LogP) is 4.15. The molecule has 0 saturated carbocycles. The van der Waals surface area contributed by atoms with Crippen molar-refractivity contribution < 1.29 is 24.2 Å². The van der Waals surface area contributed by atoms with Crippen molar-refractivity contribution in [2.45, 2.75) is 64.8 Å². The number of fused-ring (bicyclic) bond motifs is 2. The fourth-order valence-corrected chi connectivity index (χ4v) is 3.68. The molecule has 1 N–H and O–H groups in total. The number of rotatable bonds is 1. The number of carbonyl (C=O) groups is 2. The lowest BCUT2D eigenvalue weighted by Crippen LogP contribution is -2.27. The summed E-state index contributed by atoms with van der Waals surface area (Å²) in [6.45, 7) is 5.68. The molecule has 0 aromatic heterocycles. The topological polar surface area (TPSA) is 76.1 Å². The van der Waals surface area contributed by atoms with E-state index in [1.807, 2.05) is 19.9 Å². The minimum absolute atomic E-state index is 0.0247. The van der Waals surface area contributed by atoms with E-state index in [0.29, 0.717) is 22.6 Å². The van der Waals surface area contributed by atoms with Crippen LogP contribution < -0.4 is 0 Å². The van der Waals surface area contributed by atoms with Crippen LogP contribution in [-0.2, 0) is 20.7 Å². The number of aromatic hydroxyl groups is 1. The Bertz CT molecular complexity index is 783. The van der Waals surface area contributed by atoms with E-state index in [0.717, 1.165) is 12.8 Å². The van der Waals surface area contributed by atoms with Gasteiger partial charge >= 0.3 is 5.97 Å². The highest BCUT2D eigenvalue weighted by atomic mass is 35.5. The number of ether oxygens (including phenoxy) is 2. The molecule has 0 aliphatic carbocycles. The third kappa shape index (κ3) is 4.53. The zero-order valence-corrected chi connectivity index (χ0v) is 16.6. The van der Waals surface area contributed by atoms with E-state index in [9.17, 15) is 14.7 Å². The number of hydrogen-bond acceptors (Lipinski definition) is 5. The first-order chi connectivity index (χ1) is 12.8. The van der Waals surface area contributed by atoms with Crippen molar-refractivity contribution in [3.8, 4) is 5.75 Å². The Kier molecular flexibility index (Phi) is 5.92. The van der Waals surface area contributed by atoms with Gasteiger partial charge in [0.2, 0.25) is 0 Å². The molecule has 1 fully saturated rings. The monoisotopic (exact) mass is 392 g/mol. The zero-order chi connectivity index (χ0) is 19.7. The average Bonchev–Trinajstić information content (AvgIpc) is 3.33. The Balaban J connectivity index is 2.00. The fourth-order valence-electron chi connectivity index (χ4n) is 3.47. The van der Waals surface area contributed by atoms with Crippen molar-refractivity contribution >= 4 is 23.4 Å². The average molecular weight is 393 g/mol. The van der Waals surface area contributed by atoms with E-state index >= 15 is 0 Å². The number of halogens is 1. The second kappa shape index (κ2) is 8.03. The van der Waals surface area contributed by atoms with E-state index in [2.05, 4.69) is 0 Å². The number of benzene rings is 1. The molecular weight excluding hydrogens is 368 g/mol. The third-order valence-electron chi connectivity index (χ3n) is 5.15. The lowest BCUT2D eigenvalue weighted by Gasteiger charge is -2.22. The number of phenols is 1. The summed E-state index contributed by atoms with van der Waals surface area (Å²) < 4.78 is 11.4. The van der Waals surface area contributed by atoms with E-state index in [1.54, 1.807) is 6.92 Å². The van der Waals surface area contributed by atoms with Crippen molar-refractivity contribution in [3.05, 3.63) is 39.9 Å². The normalized spacial score (nSPS) is 27.4. The Labute approximate surface area is 164 Å². The highest BCUT2D eigenvalue weighted by molar-refractivity contribution is 6.33. The van der Waals surface area contributed by atoms with Gasteiger partial charge < -0.3 is 14.6 Å². The SMILES string of the molecule is Cc1cc(O)c2c(c1Cl)CC(=O)/C=C/CC[C@H]1O[C@@H]1C[C@@H](C(C)C)OC2=O. The molecule has 27 heavy (non-hydrogen) atoms. The lowest BCUT2D eigenvalue weighted by atomic mass is 9.96. The number of aryl methyl sites for hydroxylation is 1. The summed E-state index contributed by atoms with van der Waals surface area (Å²) in [6, 6.07) is 1.43. The second-order valence-electron chi connectivity index (χ2n) is 7.64. The van der Waals surface area contributed by atoms with Crippen molar-refractivity contribution in [1.82, 2.24) is 0 Å². The van der Waals surface area contributed by atoms with Crippen LogP contribution in [0.25, 0.3) is 0 Å². The first-order valence-electron chi connectivity index (χ1n) is 9.34. The third-order valence-corrected chi connectivity index (χ3v) is 5.68. The summed E-state index contributed by atoms with van der Waals surface area (Å²) in [6.07, 6.45) is 5.34. The van der Waals surface area contributed by atoms with Gasteiger partial charge in [-0.3, -0.25) is 4.79 Å². The maximum Gasteiger partial charge on any atom is 0.342 e. The van der Waals surface area contributed by atoms with Crippen LogP contribution in [0.15, 0.2) is 18.2 Å². The van der Waals surface area contributed by atoms with E-state index in [4.69, 9.17) is 21.1 Å². The molecule has 0 amide bonds. The number of cyclic esters (lactones) is 1. The molecule has 146 valence electrons. The molecule has 5 nitrogen and oxygen atoms in total. The lowest BCUT2D eigenvalue weighted by molar-refractivity contribution is -0.114. The number of carbonyl (C=O) groups excluding carboxylic acids is 2. The van der Waals surface area contributed by atoms with E-state index in [1.165, 1.54) is 12.1 Å². The first-order valence-corrected chi connectivity index (χ1v) is 9.72. The van der Waals surface area contributed by atoms with Crippen molar-refractivity contribution in [3.63, 3.8) is 0 Å². The van der Waals surface area contributed by atoms with Crippen LogP contribution in [0.1, 0.15) is 54.6 Å². The minimum Gasteiger partial charge on any atom is -0.507 e. The Morgan fingerprint density at radius 2 is 2.00 bits per heavy atom. The molecule has 3 rings (SSSR count). The van der Waals surface area contributed by atoms with Gasteiger partial charge in [-0.1, -0.05) is 31.5 Å². The predicted molar refractivity (Wildman–Crippen MR) is 102 cm³/mol. The molecule has 3 atom stereocenters. The number of esters is 1. The van der Waals surface area contributed by atoms with Gasteiger partial charge in [0.05, 0.1) is 12.2 Å². The van der Waals surface area contributed by atoms with Crippen LogP contribution in [0.2, 0.25) is 5.02 Å². The van der Waals surface area contributed by atoms with Gasteiger partial charge in [0, 0.05) is 17.9 Å². The highest BCUT2D eigenvalue weighted by Gasteiger charge is 2.41. The maximum absolute atomic E-state index is 12.9. The molecule has 0 radical (unpaired) electrons. The first kappa shape index (κ1) is 19.9. The van der Waals surface area contributed by atoms with Crippen LogP contribution in [0.3, 0.4) is 0 Å². The van der Waals surface area contributed by atoms with Gasteiger partial charge in [0.25, 0.3) is 0 Å². The van der Waals surface area contributed by atoms with Gasteiger partial charge in [0.1, 0.15) is 17.4 Å². The quantitative estimate of drug-likeness (QED) is 0.573. The van der Waals surface area contributed by atoms with Gasteiger partial charge in [-0.05, 0) is 49.0 Å². The van der Waals surface area contributed by atoms with Crippen LogP contribution in [0.4, 0.5) is 0 Å². The van der Waals surface area contributed by atoms with Crippen LogP contribution in [-0.4, -0.2) is 35.2 Å². The fraction of sp³-hybridized carbons (Fsp3) is 0.524. The molecule has 0 unspecified atom stereocenters. The number of ketones is 1. The molecule has 2 heterocycles. The summed E-state index contributed by atoms with van der Waals surface area (Å²) in [4.78, 5) is 25.2. The summed E-state index contributed by atoms with van der Waals surface area (Å²) in [7, 11) is 0. The maximum atomic E-state index is 12.9. The zero-order valence-electron chi connectivity index (χ0n) is 15.8. The van der Waals surface area contributed by atoms with Crippen molar-refractivity contribution in [2.24, 2.45) is 5.92 Å². The van der Waals surface area contributed by atoms with E-state index < -0.39 is 5.97 Å². The van der Waals surface area contributed by atoms with Gasteiger partial charge in [-0.15, -0.1) is 0 Å². The molecule has 6 heteroatoms. The molecule has 0 bridgehead atoms. The molecule has 1 aromatic carbocycles. The summed E-state index contributed by atoms with van der Waals surface area (Å²) in [5, 5.41) is 10.7. The molecule has 0 spiro atoms. The van der Waals surface area contributed by atoms with Gasteiger partial charge in [-0.25, -0.2) is 4.79 Å². The Morgan fingerprint density at radius 1 is 1.26 bits per heavy atom. The minimum atomic E-state index is -0.658.